The summed E-state index contributed by atoms with van der Waals surface area (Å²) in [4.78, 5) is 27.7. The number of hydrogen-bond acceptors (Lipinski definition) is 5. The zero-order valence-corrected chi connectivity index (χ0v) is 15.0. The molecular weight excluding hydrogens is 322 g/mol. The summed E-state index contributed by atoms with van der Waals surface area (Å²) in [5.74, 6) is -0.279. The third-order valence-electron chi connectivity index (χ3n) is 4.14. The molecule has 0 bridgehead atoms. The molecule has 0 unspecified atom stereocenters. The van der Waals surface area contributed by atoms with Crippen molar-refractivity contribution in [2.75, 3.05) is 7.11 Å². The highest BCUT2D eigenvalue weighted by Crippen LogP contribution is 2.25. The summed E-state index contributed by atoms with van der Waals surface area (Å²) in [6, 6.07) is 6.60. The Morgan fingerprint density at radius 1 is 1.12 bits per heavy atom. The molecule has 1 aromatic heterocycles. The van der Waals surface area contributed by atoms with E-state index in [4.69, 9.17) is 9.47 Å². The van der Waals surface area contributed by atoms with Gasteiger partial charge in [0, 0.05) is 16.8 Å². The standard InChI is InChI=1S/C19H23NO5/c1-10-16(12(3)21)11(2)20-17(10)19(23)25-13(4)18(22)14-6-8-15(24-5)9-7-14/h6-9,12-13,20-21H,1-5H3/t12-,13+/m0/s1. The molecule has 1 aromatic carbocycles. The Balaban J connectivity index is 2.14. The first-order valence-corrected chi connectivity index (χ1v) is 8.02. The quantitative estimate of drug-likeness (QED) is 0.620. The molecule has 1 heterocycles. The zero-order chi connectivity index (χ0) is 18.7. The highest BCUT2D eigenvalue weighted by atomic mass is 16.5. The number of methoxy groups -OCH3 is 1. The SMILES string of the molecule is COc1ccc(C(=O)[C@@H](C)OC(=O)c2[nH]c(C)c([C@H](C)O)c2C)cc1. The Labute approximate surface area is 146 Å². The fourth-order valence-corrected chi connectivity index (χ4v) is 2.86. The number of aromatic nitrogens is 1. The van der Waals surface area contributed by atoms with Crippen LogP contribution >= 0.6 is 0 Å². The second-order valence-corrected chi connectivity index (χ2v) is 5.98. The Kier molecular flexibility index (Phi) is 5.64. The molecule has 2 atom stereocenters. The van der Waals surface area contributed by atoms with E-state index in [1.165, 1.54) is 6.92 Å². The number of ketones is 1. The molecule has 0 amide bonds. The minimum absolute atomic E-state index is 0.253. The van der Waals surface area contributed by atoms with Crippen LogP contribution in [0.5, 0.6) is 5.75 Å². The number of esters is 1. The predicted octanol–water partition coefficient (Wildman–Crippen LogP) is 3.12. The lowest BCUT2D eigenvalue weighted by atomic mass is 10.1. The van der Waals surface area contributed by atoms with Crippen LogP contribution in [0.15, 0.2) is 24.3 Å². The number of carbonyl (C=O) groups is 2. The van der Waals surface area contributed by atoms with Gasteiger partial charge in [-0.15, -0.1) is 0 Å². The summed E-state index contributed by atoms with van der Waals surface area (Å²) in [6.45, 7) is 6.68. The van der Waals surface area contributed by atoms with Gasteiger partial charge in [0.15, 0.2) is 6.10 Å². The lowest BCUT2D eigenvalue weighted by molar-refractivity contribution is 0.0313. The van der Waals surface area contributed by atoms with Gasteiger partial charge in [-0.3, -0.25) is 4.79 Å². The molecule has 2 N–H and O–H groups in total. The Morgan fingerprint density at radius 3 is 2.20 bits per heavy atom. The van der Waals surface area contributed by atoms with Crippen LogP contribution < -0.4 is 4.74 Å². The van der Waals surface area contributed by atoms with E-state index in [1.807, 2.05) is 0 Å². The van der Waals surface area contributed by atoms with Gasteiger partial charge in [-0.1, -0.05) is 0 Å². The fraction of sp³-hybridized carbons (Fsp3) is 0.368. The second kappa shape index (κ2) is 7.53. The molecule has 2 aromatic rings. The molecule has 0 saturated carbocycles. The van der Waals surface area contributed by atoms with Gasteiger partial charge in [0.2, 0.25) is 5.78 Å². The van der Waals surface area contributed by atoms with Crippen molar-refractivity contribution >= 4 is 11.8 Å². The number of hydrogen-bond donors (Lipinski definition) is 2. The van der Waals surface area contributed by atoms with Gasteiger partial charge in [-0.2, -0.15) is 0 Å². The second-order valence-electron chi connectivity index (χ2n) is 5.98. The monoisotopic (exact) mass is 345 g/mol. The number of benzene rings is 1. The number of aliphatic hydroxyl groups excluding tert-OH is 1. The predicted molar refractivity (Wildman–Crippen MR) is 93.1 cm³/mol. The molecule has 0 aliphatic carbocycles. The molecule has 0 aliphatic rings. The maximum Gasteiger partial charge on any atom is 0.355 e. The van der Waals surface area contributed by atoms with Gasteiger partial charge < -0.3 is 19.6 Å². The highest BCUT2D eigenvalue weighted by molar-refractivity contribution is 6.01. The van der Waals surface area contributed by atoms with Crippen molar-refractivity contribution in [3.8, 4) is 5.75 Å². The fourth-order valence-electron chi connectivity index (χ4n) is 2.86. The highest BCUT2D eigenvalue weighted by Gasteiger charge is 2.25. The number of aryl methyl sites for hydroxylation is 1. The van der Waals surface area contributed by atoms with Crippen LogP contribution in [-0.2, 0) is 4.74 Å². The molecule has 6 nitrogen and oxygen atoms in total. The molecule has 0 aliphatic heterocycles. The average molecular weight is 345 g/mol. The number of Topliss-reactive ketones (excluding diaryl/α,β-unsaturated/α-hetero) is 1. The third kappa shape index (κ3) is 3.91. The summed E-state index contributed by atoms with van der Waals surface area (Å²) in [5, 5.41) is 9.81. The van der Waals surface area contributed by atoms with Crippen molar-refractivity contribution in [3.63, 3.8) is 0 Å². The first-order chi connectivity index (χ1) is 11.8. The van der Waals surface area contributed by atoms with Gasteiger partial charge in [0.25, 0.3) is 0 Å². The molecule has 2 rings (SSSR count). The smallest absolute Gasteiger partial charge is 0.355 e. The van der Waals surface area contributed by atoms with Crippen LogP contribution in [-0.4, -0.2) is 35.1 Å². The van der Waals surface area contributed by atoms with Crippen LogP contribution in [0.2, 0.25) is 0 Å². The van der Waals surface area contributed by atoms with Crippen LogP contribution in [0, 0.1) is 13.8 Å². The largest absolute Gasteiger partial charge is 0.497 e. The third-order valence-corrected chi connectivity index (χ3v) is 4.14. The Bertz CT molecular complexity index is 774. The average Bonchev–Trinajstić information content (AvgIpc) is 2.88. The minimum atomic E-state index is -0.932. The van der Waals surface area contributed by atoms with Crippen molar-refractivity contribution in [2.45, 2.75) is 39.9 Å². The maximum atomic E-state index is 12.4. The minimum Gasteiger partial charge on any atom is -0.497 e. The van der Waals surface area contributed by atoms with Crippen molar-refractivity contribution in [1.82, 2.24) is 4.98 Å². The molecule has 0 fully saturated rings. The van der Waals surface area contributed by atoms with Gasteiger partial charge in [-0.25, -0.2) is 4.79 Å². The van der Waals surface area contributed by atoms with E-state index in [2.05, 4.69) is 4.98 Å². The molecule has 6 heteroatoms. The van der Waals surface area contributed by atoms with E-state index in [9.17, 15) is 14.7 Å². The van der Waals surface area contributed by atoms with Gasteiger partial charge in [-0.05, 0) is 57.5 Å². The van der Waals surface area contributed by atoms with Crippen molar-refractivity contribution in [1.29, 1.82) is 0 Å². The number of ether oxygens (including phenoxy) is 2. The van der Waals surface area contributed by atoms with E-state index in [-0.39, 0.29) is 11.5 Å². The molecular formula is C19H23NO5. The lowest BCUT2D eigenvalue weighted by Gasteiger charge is -2.13. The van der Waals surface area contributed by atoms with Crippen LogP contribution in [0.3, 0.4) is 0 Å². The summed E-state index contributed by atoms with van der Waals surface area (Å²) in [5.41, 5.74) is 2.68. The first-order valence-electron chi connectivity index (χ1n) is 8.02. The van der Waals surface area contributed by atoms with Crippen LogP contribution in [0.25, 0.3) is 0 Å². The number of carbonyl (C=O) groups excluding carboxylic acids is 2. The first kappa shape index (κ1) is 18.7. The Hall–Kier alpha value is -2.60. The number of aromatic amines is 1. The van der Waals surface area contributed by atoms with Crippen LogP contribution in [0.4, 0.5) is 0 Å². The summed E-state index contributed by atoms with van der Waals surface area (Å²) in [7, 11) is 1.55. The summed E-state index contributed by atoms with van der Waals surface area (Å²) >= 11 is 0. The summed E-state index contributed by atoms with van der Waals surface area (Å²) < 4.78 is 10.4. The van der Waals surface area contributed by atoms with E-state index in [0.717, 1.165) is 0 Å². The molecule has 0 radical (unpaired) electrons. The van der Waals surface area contributed by atoms with Crippen molar-refractivity contribution in [3.05, 3.63) is 52.3 Å². The van der Waals surface area contributed by atoms with Gasteiger partial charge in [0.05, 0.1) is 13.2 Å². The van der Waals surface area contributed by atoms with Gasteiger partial charge >= 0.3 is 5.97 Å². The van der Waals surface area contributed by atoms with E-state index in [0.29, 0.717) is 28.1 Å². The molecule has 0 spiro atoms. The van der Waals surface area contributed by atoms with Crippen molar-refractivity contribution in [2.24, 2.45) is 0 Å². The number of rotatable bonds is 6. The van der Waals surface area contributed by atoms with E-state index < -0.39 is 18.2 Å². The van der Waals surface area contributed by atoms with Gasteiger partial charge in [0.1, 0.15) is 11.4 Å². The normalized spacial score (nSPS) is 13.2. The zero-order valence-electron chi connectivity index (χ0n) is 15.0. The number of nitrogens with one attached hydrogen (secondary N) is 1. The van der Waals surface area contributed by atoms with Crippen molar-refractivity contribution < 1.29 is 24.2 Å². The topological polar surface area (TPSA) is 88.6 Å². The van der Waals surface area contributed by atoms with Crippen LogP contribution in [0.1, 0.15) is 57.6 Å². The molecule has 25 heavy (non-hydrogen) atoms. The van der Waals surface area contributed by atoms with E-state index >= 15 is 0 Å². The number of aliphatic hydroxyl groups is 1. The summed E-state index contributed by atoms with van der Waals surface area (Å²) in [6.07, 6.45) is -1.63. The molecule has 0 saturated heterocycles. The van der Waals surface area contributed by atoms with E-state index in [1.54, 1.807) is 52.1 Å². The maximum absolute atomic E-state index is 12.4. The molecule has 134 valence electrons. The lowest BCUT2D eigenvalue weighted by Crippen LogP contribution is -2.25. The number of H-pyrrole nitrogens is 1. The Morgan fingerprint density at radius 2 is 1.72 bits per heavy atom.